The normalized spacial score (nSPS) is 12.1. The average molecular weight is 246 g/mol. The molecule has 0 aliphatic carbocycles. The molecule has 3 N–H and O–H groups in total. The number of carbonyl (C=O) groups is 1. The number of anilines is 1. The molecule has 6 heteroatoms. The van der Waals surface area contributed by atoms with Gasteiger partial charge in [-0.3, -0.25) is 4.79 Å². The first-order valence-electron chi connectivity index (χ1n) is 5.60. The van der Waals surface area contributed by atoms with E-state index in [2.05, 4.69) is 20.5 Å². The summed E-state index contributed by atoms with van der Waals surface area (Å²) in [5, 5.41) is 19.7. The lowest BCUT2D eigenvalue weighted by atomic mass is 10.2. The lowest BCUT2D eigenvalue weighted by Crippen LogP contribution is -2.20. The molecule has 0 bridgehead atoms. The zero-order valence-corrected chi connectivity index (χ0v) is 9.92. The van der Waals surface area contributed by atoms with E-state index in [1.165, 1.54) is 0 Å². The first-order valence-corrected chi connectivity index (χ1v) is 5.60. The molecule has 0 aliphatic heterocycles. The summed E-state index contributed by atoms with van der Waals surface area (Å²) < 4.78 is 0. The summed E-state index contributed by atoms with van der Waals surface area (Å²) in [4.78, 5) is 13.5. The lowest BCUT2D eigenvalue weighted by Gasteiger charge is -2.11. The molecule has 6 nitrogen and oxygen atoms in total. The highest BCUT2D eigenvalue weighted by Crippen LogP contribution is 2.16. The van der Waals surface area contributed by atoms with E-state index < -0.39 is 5.97 Å². The molecule has 0 amide bonds. The molecule has 2 aromatic rings. The molecule has 2 heterocycles. The van der Waals surface area contributed by atoms with Crippen LogP contribution < -0.4 is 5.32 Å². The van der Waals surface area contributed by atoms with Crippen molar-refractivity contribution in [2.75, 3.05) is 5.32 Å². The summed E-state index contributed by atoms with van der Waals surface area (Å²) in [5.74, 6) is -0.269. The second-order valence-electron chi connectivity index (χ2n) is 4.05. The molecule has 0 aliphatic rings. The van der Waals surface area contributed by atoms with E-state index in [1.807, 2.05) is 24.5 Å². The van der Waals surface area contributed by atoms with Crippen LogP contribution in [0.2, 0.25) is 0 Å². The molecule has 0 aromatic carbocycles. The van der Waals surface area contributed by atoms with Crippen LogP contribution in [0.25, 0.3) is 11.3 Å². The molecular formula is C12H14N4O2. The predicted octanol–water partition coefficient (Wildman–Crippen LogP) is 1.75. The minimum absolute atomic E-state index is 0.0429. The topological polar surface area (TPSA) is 90.9 Å². The predicted molar refractivity (Wildman–Crippen MR) is 67.2 cm³/mol. The molecule has 0 spiro atoms. The molecule has 2 rings (SSSR count). The highest BCUT2D eigenvalue weighted by molar-refractivity contribution is 5.68. The molecule has 1 unspecified atom stereocenters. The third kappa shape index (κ3) is 3.07. The standard InChI is InChI=1S/C12H14N4O2/c1-8(6-12(17)18)14-11-3-2-10(15-16-11)9-4-5-13-7-9/h2-5,7-8,13H,6H2,1H3,(H,14,16)(H,17,18). The van der Waals surface area contributed by atoms with Crippen molar-refractivity contribution >= 4 is 11.8 Å². The van der Waals surface area contributed by atoms with Gasteiger partial charge in [0.25, 0.3) is 0 Å². The summed E-state index contributed by atoms with van der Waals surface area (Å²) in [6.45, 7) is 1.79. The maximum Gasteiger partial charge on any atom is 0.305 e. The van der Waals surface area contributed by atoms with E-state index in [4.69, 9.17) is 5.11 Å². The Balaban J connectivity index is 2.02. The van der Waals surface area contributed by atoms with Crippen molar-refractivity contribution in [2.45, 2.75) is 19.4 Å². The highest BCUT2D eigenvalue weighted by atomic mass is 16.4. The molecular weight excluding hydrogens is 232 g/mol. The number of nitrogens with zero attached hydrogens (tertiary/aromatic N) is 2. The van der Waals surface area contributed by atoms with Crippen molar-refractivity contribution in [1.29, 1.82) is 0 Å². The van der Waals surface area contributed by atoms with Crippen LogP contribution in [0.4, 0.5) is 5.82 Å². The fraction of sp³-hybridized carbons (Fsp3) is 0.250. The SMILES string of the molecule is CC(CC(=O)O)Nc1ccc(-c2cc[nH]c2)nn1. The first-order chi connectivity index (χ1) is 8.65. The van der Waals surface area contributed by atoms with Gasteiger partial charge in [-0.15, -0.1) is 10.2 Å². The van der Waals surface area contributed by atoms with Gasteiger partial charge in [-0.1, -0.05) is 0 Å². The number of aliphatic carboxylic acids is 1. The van der Waals surface area contributed by atoms with Crippen LogP contribution in [-0.4, -0.2) is 32.3 Å². The van der Waals surface area contributed by atoms with Crippen LogP contribution in [0.5, 0.6) is 0 Å². The molecule has 0 saturated heterocycles. The van der Waals surface area contributed by atoms with Crippen molar-refractivity contribution in [3.63, 3.8) is 0 Å². The van der Waals surface area contributed by atoms with E-state index in [0.29, 0.717) is 5.82 Å². The number of H-pyrrole nitrogens is 1. The van der Waals surface area contributed by atoms with E-state index >= 15 is 0 Å². The van der Waals surface area contributed by atoms with Gasteiger partial charge in [0.05, 0.1) is 12.1 Å². The van der Waals surface area contributed by atoms with Gasteiger partial charge in [0.2, 0.25) is 0 Å². The van der Waals surface area contributed by atoms with E-state index in [-0.39, 0.29) is 12.5 Å². The van der Waals surface area contributed by atoms with Gasteiger partial charge in [-0.25, -0.2) is 0 Å². The summed E-state index contributed by atoms with van der Waals surface area (Å²) in [7, 11) is 0. The average Bonchev–Trinajstić information content (AvgIpc) is 2.82. The van der Waals surface area contributed by atoms with Crippen molar-refractivity contribution in [2.24, 2.45) is 0 Å². The number of carboxylic acid groups (broad SMARTS) is 1. The van der Waals surface area contributed by atoms with Gasteiger partial charge in [0.15, 0.2) is 0 Å². The Kier molecular flexibility index (Phi) is 3.57. The molecule has 2 aromatic heterocycles. The summed E-state index contributed by atoms with van der Waals surface area (Å²) in [6.07, 6.45) is 3.70. The van der Waals surface area contributed by atoms with Crippen molar-refractivity contribution < 1.29 is 9.90 Å². The fourth-order valence-electron chi connectivity index (χ4n) is 1.61. The molecule has 0 fully saturated rings. The van der Waals surface area contributed by atoms with Crippen LogP contribution in [0.15, 0.2) is 30.6 Å². The molecule has 94 valence electrons. The Morgan fingerprint density at radius 1 is 1.44 bits per heavy atom. The monoisotopic (exact) mass is 246 g/mol. The van der Waals surface area contributed by atoms with Gasteiger partial charge in [0.1, 0.15) is 5.82 Å². The second kappa shape index (κ2) is 5.31. The molecule has 0 radical (unpaired) electrons. The number of aromatic nitrogens is 3. The minimum Gasteiger partial charge on any atom is -0.481 e. The number of carboxylic acids is 1. The number of hydrogen-bond acceptors (Lipinski definition) is 4. The zero-order valence-electron chi connectivity index (χ0n) is 9.92. The van der Waals surface area contributed by atoms with Gasteiger partial charge in [0, 0.05) is 24.0 Å². The first kappa shape index (κ1) is 12.1. The van der Waals surface area contributed by atoms with Gasteiger partial charge >= 0.3 is 5.97 Å². The maximum atomic E-state index is 10.5. The van der Waals surface area contributed by atoms with E-state index in [9.17, 15) is 4.79 Å². The van der Waals surface area contributed by atoms with Crippen LogP contribution in [0.1, 0.15) is 13.3 Å². The summed E-state index contributed by atoms with van der Waals surface area (Å²) in [5.41, 5.74) is 1.74. The fourth-order valence-corrected chi connectivity index (χ4v) is 1.61. The Bertz CT molecular complexity index is 507. The number of aromatic amines is 1. The maximum absolute atomic E-state index is 10.5. The number of hydrogen-bond donors (Lipinski definition) is 3. The molecule has 0 saturated carbocycles. The van der Waals surface area contributed by atoms with E-state index in [1.54, 1.807) is 13.0 Å². The Labute approximate surface area is 104 Å². The lowest BCUT2D eigenvalue weighted by molar-refractivity contribution is -0.137. The van der Waals surface area contributed by atoms with Crippen LogP contribution >= 0.6 is 0 Å². The third-order valence-corrected chi connectivity index (χ3v) is 2.43. The van der Waals surface area contributed by atoms with Crippen LogP contribution in [-0.2, 0) is 4.79 Å². The summed E-state index contributed by atoms with van der Waals surface area (Å²) in [6, 6.07) is 5.35. The van der Waals surface area contributed by atoms with Crippen molar-refractivity contribution in [1.82, 2.24) is 15.2 Å². The number of nitrogens with one attached hydrogen (secondary N) is 2. The summed E-state index contributed by atoms with van der Waals surface area (Å²) >= 11 is 0. The number of rotatable bonds is 5. The highest BCUT2D eigenvalue weighted by Gasteiger charge is 2.08. The third-order valence-electron chi connectivity index (χ3n) is 2.43. The van der Waals surface area contributed by atoms with Crippen LogP contribution in [0.3, 0.4) is 0 Å². The van der Waals surface area contributed by atoms with Gasteiger partial charge in [-0.2, -0.15) is 0 Å². The van der Waals surface area contributed by atoms with Crippen LogP contribution in [0, 0.1) is 0 Å². The van der Waals surface area contributed by atoms with Gasteiger partial charge < -0.3 is 15.4 Å². The Morgan fingerprint density at radius 2 is 2.28 bits per heavy atom. The zero-order chi connectivity index (χ0) is 13.0. The smallest absolute Gasteiger partial charge is 0.305 e. The van der Waals surface area contributed by atoms with Gasteiger partial charge in [-0.05, 0) is 25.1 Å². The van der Waals surface area contributed by atoms with E-state index in [0.717, 1.165) is 11.3 Å². The second-order valence-corrected chi connectivity index (χ2v) is 4.05. The minimum atomic E-state index is -0.841. The van der Waals surface area contributed by atoms with Crippen molar-refractivity contribution in [3.05, 3.63) is 30.6 Å². The van der Waals surface area contributed by atoms with Crippen molar-refractivity contribution in [3.8, 4) is 11.3 Å². The Hall–Kier alpha value is -2.37. The quantitative estimate of drug-likeness (QED) is 0.747. The molecule has 18 heavy (non-hydrogen) atoms. The largest absolute Gasteiger partial charge is 0.481 e. The Morgan fingerprint density at radius 3 is 2.83 bits per heavy atom. The molecule has 1 atom stereocenters.